The topological polar surface area (TPSA) is 139 Å². The van der Waals surface area contributed by atoms with Gasteiger partial charge in [-0.1, -0.05) is 77.8 Å². The fourth-order valence-electron chi connectivity index (χ4n) is 6.47. The van der Waals surface area contributed by atoms with Crippen molar-refractivity contribution in [2.24, 2.45) is 0 Å². The second-order valence-corrected chi connectivity index (χ2v) is 13.8. The smallest absolute Gasteiger partial charge is 0.328 e. The van der Waals surface area contributed by atoms with Crippen LogP contribution in [-0.4, -0.2) is 37.0 Å². The molecule has 0 saturated carbocycles. The Morgan fingerprint density at radius 1 is 0.907 bits per heavy atom. The first-order chi connectivity index (χ1) is 26.2. The minimum absolute atomic E-state index is 0.238. The molecule has 5 aromatic carbocycles. The summed E-state index contributed by atoms with van der Waals surface area (Å²) in [7, 11) is 1.29. The number of halogens is 2. The van der Waals surface area contributed by atoms with Crippen LogP contribution in [0.1, 0.15) is 39.5 Å². The minimum Gasteiger partial charge on any atom is -0.489 e. The molecule has 272 valence electrons. The minimum atomic E-state index is -0.900. The van der Waals surface area contributed by atoms with Gasteiger partial charge in [-0.25, -0.2) is 4.79 Å². The Kier molecular flexibility index (Phi) is 10.8. The molecule has 5 aromatic rings. The summed E-state index contributed by atoms with van der Waals surface area (Å²) >= 11 is 12.1. The van der Waals surface area contributed by atoms with Crippen LogP contribution in [0.4, 0.5) is 5.69 Å². The molecule has 2 unspecified atom stereocenters. The molecule has 3 atom stereocenters. The van der Waals surface area contributed by atoms with Crippen LogP contribution in [0.15, 0.2) is 103 Å². The number of hydrogen-bond donors (Lipinski definition) is 3. The third-order valence-electron chi connectivity index (χ3n) is 9.44. The van der Waals surface area contributed by atoms with E-state index in [1.54, 1.807) is 48.5 Å². The predicted octanol–water partition coefficient (Wildman–Crippen LogP) is 7.10. The summed E-state index contributed by atoms with van der Waals surface area (Å²) < 4.78 is 17.1. The molecular formula is C42H34Cl2N4O6. The Bertz CT molecular complexity index is 2260. The number of ether oxygens (including phenoxy) is 3. The molecule has 0 saturated heterocycles. The molecule has 0 fully saturated rings. The van der Waals surface area contributed by atoms with Crippen molar-refractivity contribution in [2.45, 2.75) is 44.2 Å². The fraction of sp³-hybridized carbons (Fsp3) is 0.190. The maximum atomic E-state index is 13.5. The zero-order chi connectivity index (χ0) is 37.8. The van der Waals surface area contributed by atoms with E-state index in [2.05, 4.69) is 22.0 Å². The molecule has 0 spiro atoms. The summed E-state index contributed by atoms with van der Waals surface area (Å²) in [6, 6.07) is 31.7. The average Bonchev–Trinajstić information content (AvgIpc) is 3.20. The Hall–Kier alpha value is -5.86. The van der Waals surface area contributed by atoms with Crippen molar-refractivity contribution in [2.75, 3.05) is 12.4 Å². The van der Waals surface area contributed by atoms with Crippen LogP contribution in [-0.2, 0) is 45.1 Å². The van der Waals surface area contributed by atoms with Crippen LogP contribution >= 0.6 is 23.2 Å². The maximum absolute atomic E-state index is 13.5. The molecule has 2 heterocycles. The number of anilines is 1. The summed E-state index contributed by atoms with van der Waals surface area (Å²) in [5.74, 6) is -0.0646. The molecule has 12 heteroatoms. The van der Waals surface area contributed by atoms with Crippen LogP contribution in [0.2, 0.25) is 10.0 Å². The van der Waals surface area contributed by atoms with E-state index < -0.39 is 24.2 Å². The van der Waals surface area contributed by atoms with Gasteiger partial charge < -0.3 is 30.2 Å². The van der Waals surface area contributed by atoms with Gasteiger partial charge in [-0.3, -0.25) is 9.59 Å². The number of hydrogen-bond acceptors (Lipinski definition) is 8. The van der Waals surface area contributed by atoms with E-state index in [-0.39, 0.29) is 18.2 Å². The van der Waals surface area contributed by atoms with E-state index >= 15 is 0 Å². The van der Waals surface area contributed by atoms with Gasteiger partial charge in [0.2, 0.25) is 12.0 Å². The van der Waals surface area contributed by atoms with Crippen molar-refractivity contribution >= 4 is 46.7 Å². The van der Waals surface area contributed by atoms with Crippen molar-refractivity contribution in [1.29, 1.82) is 5.26 Å². The average molecular weight is 762 g/mol. The van der Waals surface area contributed by atoms with Gasteiger partial charge in [-0.05, 0) is 88.3 Å². The number of fused-ring (bicyclic) bond motifs is 2. The highest BCUT2D eigenvalue weighted by atomic mass is 35.5. The van der Waals surface area contributed by atoms with Gasteiger partial charge in [-0.2, -0.15) is 5.26 Å². The Morgan fingerprint density at radius 3 is 2.30 bits per heavy atom. The second-order valence-electron chi connectivity index (χ2n) is 13.0. The lowest BCUT2D eigenvalue weighted by Crippen LogP contribution is -2.53. The Labute approximate surface area is 322 Å². The number of carbonyl (C=O) groups excluding carboxylic acids is 3. The number of nitriles is 1. The third-order valence-corrected chi connectivity index (χ3v) is 10.2. The number of nitrogens with one attached hydrogen (secondary N) is 3. The van der Waals surface area contributed by atoms with Gasteiger partial charge in [0, 0.05) is 18.5 Å². The molecule has 7 rings (SSSR count). The van der Waals surface area contributed by atoms with Gasteiger partial charge in [0.25, 0.3) is 5.91 Å². The highest BCUT2D eigenvalue weighted by Gasteiger charge is 2.33. The van der Waals surface area contributed by atoms with Gasteiger partial charge in [0.05, 0.1) is 40.5 Å². The maximum Gasteiger partial charge on any atom is 0.328 e. The van der Waals surface area contributed by atoms with Gasteiger partial charge >= 0.3 is 5.97 Å². The molecule has 54 heavy (non-hydrogen) atoms. The highest BCUT2D eigenvalue weighted by molar-refractivity contribution is 6.42. The first kappa shape index (κ1) is 36.5. The van der Waals surface area contributed by atoms with Gasteiger partial charge in [-0.15, -0.1) is 0 Å². The summed E-state index contributed by atoms with van der Waals surface area (Å²) in [6.45, 7) is 0.683. The first-order valence-corrected chi connectivity index (χ1v) is 17.9. The molecule has 0 aliphatic carbocycles. The normalized spacial score (nSPS) is 16.4. The number of nitrogens with zero attached hydrogens (tertiary/aromatic N) is 1. The molecule has 3 N–H and O–H groups in total. The number of carbonyl (C=O) groups is 3. The van der Waals surface area contributed by atoms with Crippen LogP contribution < -0.4 is 25.4 Å². The van der Waals surface area contributed by atoms with E-state index in [4.69, 9.17) is 42.7 Å². The Balaban J connectivity index is 0.969. The molecule has 0 radical (unpaired) electrons. The molecular weight excluding hydrogens is 727 g/mol. The fourth-order valence-corrected chi connectivity index (χ4v) is 6.80. The largest absolute Gasteiger partial charge is 0.489 e. The zero-order valence-corrected chi connectivity index (χ0v) is 30.5. The molecule has 2 aliphatic rings. The van der Waals surface area contributed by atoms with Crippen molar-refractivity contribution in [3.05, 3.63) is 147 Å². The first-order valence-electron chi connectivity index (χ1n) is 17.2. The molecule has 2 amide bonds. The molecule has 0 bridgehead atoms. The standard InChI is InChI=1S/C42H34Cl2N4O6/c1-52-42(51)37(17-24-2-7-27(8-3-24)28-9-4-25(21-45)5-10-28)48-40(49)36-19-30-18-35-38(20-31(30)22-46-36)54-39(41(50)47-35)29-11-13-32(14-12-29)53-23-26-6-15-33(43)34(44)16-26/h2-16,18,20,36-37,39,46H,17,19,22-23H2,1H3,(H,47,50)(H,48,49)/t36?,37-,39?/m0/s1. The van der Waals surface area contributed by atoms with Crippen molar-refractivity contribution in [1.82, 2.24) is 10.6 Å². The summed E-state index contributed by atoms with van der Waals surface area (Å²) in [4.78, 5) is 39.5. The van der Waals surface area contributed by atoms with E-state index in [0.29, 0.717) is 57.9 Å². The quantitative estimate of drug-likeness (QED) is 0.128. The summed E-state index contributed by atoms with van der Waals surface area (Å²) in [5.41, 5.74) is 7.22. The van der Waals surface area contributed by atoms with E-state index in [9.17, 15) is 14.4 Å². The molecule has 2 aliphatic heterocycles. The summed E-state index contributed by atoms with van der Waals surface area (Å²) in [5, 5.41) is 19.1. The number of rotatable bonds is 10. The lowest BCUT2D eigenvalue weighted by Gasteiger charge is -2.31. The van der Waals surface area contributed by atoms with Crippen LogP contribution in [0.25, 0.3) is 11.1 Å². The number of esters is 1. The highest BCUT2D eigenvalue weighted by Crippen LogP contribution is 2.38. The van der Waals surface area contributed by atoms with E-state index in [1.165, 1.54) is 7.11 Å². The van der Waals surface area contributed by atoms with Crippen molar-refractivity contribution in [3.8, 4) is 28.7 Å². The van der Waals surface area contributed by atoms with Gasteiger partial charge in [0.15, 0.2) is 0 Å². The van der Waals surface area contributed by atoms with Crippen LogP contribution in [0.5, 0.6) is 11.5 Å². The SMILES string of the molecule is COC(=O)[C@H](Cc1ccc(-c2ccc(C#N)cc2)cc1)NC(=O)C1Cc2cc3c(cc2CN1)OC(c1ccc(OCc2ccc(Cl)c(Cl)c2)cc1)C(=O)N3. The van der Waals surface area contributed by atoms with E-state index in [1.807, 2.05) is 54.6 Å². The Morgan fingerprint density at radius 2 is 1.61 bits per heavy atom. The predicted molar refractivity (Wildman–Crippen MR) is 204 cm³/mol. The van der Waals surface area contributed by atoms with Crippen molar-refractivity contribution < 1.29 is 28.6 Å². The number of amides is 2. The second kappa shape index (κ2) is 16.0. The van der Waals surface area contributed by atoms with Crippen molar-refractivity contribution in [3.63, 3.8) is 0 Å². The number of methoxy groups -OCH3 is 1. The molecule has 0 aromatic heterocycles. The lowest BCUT2D eigenvalue weighted by molar-refractivity contribution is -0.145. The van der Waals surface area contributed by atoms with E-state index in [0.717, 1.165) is 33.4 Å². The third kappa shape index (κ3) is 8.19. The zero-order valence-electron chi connectivity index (χ0n) is 29.0. The lowest BCUT2D eigenvalue weighted by atomic mass is 9.93. The monoisotopic (exact) mass is 760 g/mol. The van der Waals surface area contributed by atoms with Crippen LogP contribution in [0, 0.1) is 11.3 Å². The molecule has 10 nitrogen and oxygen atoms in total. The summed E-state index contributed by atoms with van der Waals surface area (Å²) in [6.07, 6.45) is -0.288. The number of benzene rings is 5. The van der Waals surface area contributed by atoms with Crippen LogP contribution in [0.3, 0.4) is 0 Å². The van der Waals surface area contributed by atoms with Gasteiger partial charge in [0.1, 0.15) is 24.1 Å².